The van der Waals surface area contributed by atoms with E-state index in [1.54, 1.807) is 0 Å². The fourth-order valence-electron chi connectivity index (χ4n) is 2.55. The summed E-state index contributed by atoms with van der Waals surface area (Å²) >= 11 is 3.62. The highest BCUT2D eigenvalue weighted by Gasteiger charge is 2.23. The summed E-state index contributed by atoms with van der Waals surface area (Å²) in [5, 5.41) is 7.44. The molecule has 94 valence electrons. The molecule has 0 saturated heterocycles. The third-order valence-corrected chi connectivity index (χ3v) is 4.16. The third-order valence-electron chi connectivity index (χ3n) is 3.41. The number of aromatic nitrogens is 1. The van der Waals surface area contributed by atoms with E-state index in [0.29, 0.717) is 6.04 Å². The lowest BCUT2D eigenvalue weighted by molar-refractivity contribution is 0.360. The Hall–Kier alpha value is -1.13. The van der Waals surface area contributed by atoms with E-state index in [0.717, 1.165) is 30.8 Å². The van der Waals surface area contributed by atoms with Crippen LogP contribution in [-0.2, 0) is 13.0 Å². The van der Waals surface area contributed by atoms with Crippen LogP contribution in [0, 0.1) is 6.92 Å². The van der Waals surface area contributed by atoms with E-state index < -0.39 is 0 Å². The monoisotopic (exact) mass is 306 g/mol. The van der Waals surface area contributed by atoms with Crippen molar-refractivity contribution in [2.24, 2.45) is 0 Å². The van der Waals surface area contributed by atoms with Crippen molar-refractivity contribution in [1.82, 2.24) is 10.5 Å². The normalized spacial score (nSPS) is 18.0. The summed E-state index contributed by atoms with van der Waals surface area (Å²) in [4.78, 5) is 0. The van der Waals surface area contributed by atoms with Crippen LogP contribution >= 0.6 is 15.9 Å². The molecule has 3 nitrogen and oxygen atoms in total. The summed E-state index contributed by atoms with van der Waals surface area (Å²) < 4.78 is 6.44. The van der Waals surface area contributed by atoms with Crippen molar-refractivity contribution >= 4 is 15.9 Å². The highest BCUT2D eigenvalue weighted by atomic mass is 79.9. The van der Waals surface area contributed by atoms with Gasteiger partial charge in [0.15, 0.2) is 5.76 Å². The van der Waals surface area contributed by atoms with E-state index in [-0.39, 0.29) is 0 Å². The minimum absolute atomic E-state index is 0.419. The highest BCUT2D eigenvalue weighted by Crippen LogP contribution is 2.35. The van der Waals surface area contributed by atoms with Crippen molar-refractivity contribution in [3.8, 4) is 0 Å². The van der Waals surface area contributed by atoms with Gasteiger partial charge < -0.3 is 9.84 Å². The van der Waals surface area contributed by atoms with Crippen molar-refractivity contribution in [3.63, 3.8) is 0 Å². The molecule has 1 unspecified atom stereocenters. The molecule has 18 heavy (non-hydrogen) atoms. The Morgan fingerprint density at radius 3 is 3.17 bits per heavy atom. The first-order chi connectivity index (χ1) is 8.74. The average Bonchev–Trinajstić information content (AvgIpc) is 2.94. The molecule has 0 aliphatic heterocycles. The van der Waals surface area contributed by atoms with Gasteiger partial charge in [-0.2, -0.15) is 0 Å². The standard InChI is InChI=1S/C14H15BrN2O/c1-9-7-10(18-17-9)8-16-14-6-5-11-12(14)3-2-4-13(11)15/h2-4,7,14,16H,5-6,8H2,1H3. The number of aryl methyl sites for hydroxylation is 1. The summed E-state index contributed by atoms with van der Waals surface area (Å²) in [6.07, 6.45) is 2.27. The average molecular weight is 307 g/mol. The van der Waals surface area contributed by atoms with Gasteiger partial charge in [0, 0.05) is 16.6 Å². The molecule has 0 fully saturated rings. The van der Waals surface area contributed by atoms with Gasteiger partial charge in [0.25, 0.3) is 0 Å². The molecule has 0 amide bonds. The summed E-state index contributed by atoms with van der Waals surface area (Å²) in [7, 11) is 0. The summed E-state index contributed by atoms with van der Waals surface area (Å²) in [6.45, 7) is 2.67. The highest BCUT2D eigenvalue weighted by molar-refractivity contribution is 9.10. The van der Waals surface area contributed by atoms with E-state index in [2.05, 4.69) is 44.6 Å². The van der Waals surface area contributed by atoms with Crippen molar-refractivity contribution in [1.29, 1.82) is 0 Å². The molecule has 1 aliphatic rings. The number of hydrogen-bond acceptors (Lipinski definition) is 3. The summed E-state index contributed by atoms with van der Waals surface area (Å²) in [5.74, 6) is 0.899. The Labute approximate surface area is 115 Å². The lowest BCUT2D eigenvalue weighted by atomic mass is 10.1. The maximum atomic E-state index is 5.21. The molecule has 0 radical (unpaired) electrons. The predicted molar refractivity (Wildman–Crippen MR) is 73.3 cm³/mol. The molecule has 0 spiro atoms. The van der Waals surface area contributed by atoms with Crippen LogP contribution in [0.4, 0.5) is 0 Å². The molecule has 1 aromatic heterocycles. The minimum atomic E-state index is 0.419. The van der Waals surface area contributed by atoms with Gasteiger partial charge in [-0.25, -0.2) is 0 Å². The van der Waals surface area contributed by atoms with E-state index in [1.165, 1.54) is 15.6 Å². The van der Waals surface area contributed by atoms with Gasteiger partial charge in [-0.1, -0.05) is 33.2 Å². The molecule has 0 bridgehead atoms. The molecular weight excluding hydrogens is 292 g/mol. The fraction of sp³-hybridized carbons (Fsp3) is 0.357. The van der Waals surface area contributed by atoms with Crippen LogP contribution < -0.4 is 5.32 Å². The van der Waals surface area contributed by atoms with E-state index >= 15 is 0 Å². The lowest BCUT2D eigenvalue weighted by Gasteiger charge is -2.12. The number of benzene rings is 1. The van der Waals surface area contributed by atoms with Gasteiger partial charge in [-0.15, -0.1) is 0 Å². The number of nitrogens with zero attached hydrogens (tertiary/aromatic N) is 1. The van der Waals surface area contributed by atoms with Crippen LogP contribution in [0.25, 0.3) is 0 Å². The van der Waals surface area contributed by atoms with Gasteiger partial charge in [0.2, 0.25) is 0 Å². The number of fused-ring (bicyclic) bond motifs is 1. The third kappa shape index (κ3) is 2.22. The Kier molecular flexibility index (Phi) is 3.22. The summed E-state index contributed by atoms with van der Waals surface area (Å²) in [5.41, 5.74) is 3.77. The molecule has 0 saturated carbocycles. The lowest BCUT2D eigenvalue weighted by Crippen LogP contribution is -2.18. The zero-order valence-corrected chi connectivity index (χ0v) is 11.8. The Bertz CT molecular complexity index is 565. The second-order valence-electron chi connectivity index (χ2n) is 4.71. The zero-order valence-electron chi connectivity index (χ0n) is 10.2. The first kappa shape index (κ1) is 11.9. The minimum Gasteiger partial charge on any atom is -0.360 e. The van der Waals surface area contributed by atoms with Gasteiger partial charge in [-0.3, -0.25) is 0 Å². The second kappa shape index (κ2) is 4.86. The predicted octanol–water partition coefficient (Wildman–Crippen LogP) is 3.52. The van der Waals surface area contributed by atoms with Crippen molar-refractivity contribution in [3.05, 3.63) is 51.3 Å². The van der Waals surface area contributed by atoms with Crippen LogP contribution in [0.3, 0.4) is 0 Å². The van der Waals surface area contributed by atoms with Crippen LogP contribution in [-0.4, -0.2) is 5.16 Å². The molecule has 2 aromatic rings. The van der Waals surface area contributed by atoms with Crippen LogP contribution in [0.1, 0.15) is 35.0 Å². The number of halogens is 1. The van der Waals surface area contributed by atoms with Crippen LogP contribution in [0.15, 0.2) is 33.3 Å². The van der Waals surface area contributed by atoms with Gasteiger partial charge in [0.1, 0.15) is 0 Å². The molecule has 1 N–H and O–H groups in total. The van der Waals surface area contributed by atoms with Crippen molar-refractivity contribution in [2.45, 2.75) is 32.4 Å². The Morgan fingerprint density at radius 1 is 1.50 bits per heavy atom. The largest absolute Gasteiger partial charge is 0.360 e. The SMILES string of the molecule is Cc1cc(CNC2CCc3c(Br)cccc32)on1. The van der Waals surface area contributed by atoms with Gasteiger partial charge in [-0.05, 0) is 37.0 Å². The van der Waals surface area contributed by atoms with Crippen molar-refractivity contribution < 1.29 is 4.52 Å². The Balaban J connectivity index is 1.71. The molecule has 1 heterocycles. The van der Waals surface area contributed by atoms with E-state index in [4.69, 9.17) is 4.52 Å². The fourth-order valence-corrected chi connectivity index (χ4v) is 3.12. The smallest absolute Gasteiger partial charge is 0.150 e. The Morgan fingerprint density at radius 2 is 2.39 bits per heavy atom. The summed E-state index contributed by atoms with van der Waals surface area (Å²) in [6, 6.07) is 8.81. The topological polar surface area (TPSA) is 38.1 Å². The number of hydrogen-bond donors (Lipinski definition) is 1. The van der Waals surface area contributed by atoms with Gasteiger partial charge >= 0.3 is 0 Å². The van der Waals surface area contributed by atoms with Gasteiger partial charge in [0.05, 0.1) is 12.2 Å². The second-order valence-corrected chi connectivity index (χ2v) is 5.57. The van der Waals surface area contributed by atoms with Crippen LogP contribution in [0.2, 0.25) is 0 Å². The number of rotatable bonds is 3. The molecule has 1 aliphatic carbocycles. The van der Waals surface area contributed by atoms with Crippen molar-refractivity contribution in [2.75, 3.05) is 0 Å². The zero-order chi connectivity index (χ0) is 12.5. The van der Waals surface area contributed by atoms with E-state index in [1.807, 2.05) is 13.0 Å². The first-order valence-corrected chi connectivity index (χ1v) is 6.96. The molecule has 3 rings (SSSR count). The molecular formula is C14H15BrN2O. The molecule has 1 atom stereocenters. The number of nitrogens with one attached hydrogen (secondary N) is 1. The molecule has 4 heteroatoms. The maximum Gasteiger partial charge on any atom is 0.150 e. The molecule has 1 aromatic carbocycles. The quantitative estimate of drug-likeness (QED) is 0.943. The van der Waals surface area contributed by atoms with Crippen LogP contribution in [0.5, 0.6) is 0 Å². The maximum absolute atomic E-state index is 5.21. The van der Waals surface area contributed by atoms with E-state index in [9.17, 15) is 0 Å². The first-order valence-electron chi connectivity index (χ1n) is 6.17.